The van der Waals surface area contributed by atoms with E-state index in [4.69, 9.17) is 10.7 Å². The predicted octanol–water partition coefficient (Wildman–Crippen LogP) is 4.08. The van der Waals surface area contributed by atoms with E-state index in [0.717, 1.165) is 29.2 Å². The van der Waals surface area contributed by atoms with Crippen LogP contribution in [0.15, 0.2) is 40.0 Å². The fraction of sp³-hybridized carbons (Fsp3) is 0.400. The molecule has 0 aliphatic carbocycles. The molecule has 2 rings (SSSR count). The maximum absolute atomic E-state index is 6.44. The third-order valence-corrected chi connectivity index (χ3v) is 4.15. The molecule has 1 aromatic carbocycles. The van der Waals surface area contributed by atoms with Gasteiger partial charge in [0.15, 0.2) is 0 Å². The van der Waals surface area contributed by atoms with Gasteiger partial charge in [0.1, 0.15) is 5.84 Å². The first kappa shape index (κ1) is 18.0. The average molecular weight is 324 g/mol. The largest absolute Gasteiger partial charge is 0.400 e. The quantitative estimate of drug-likeness (QED) is 0.907. The summed E-state index contributed by atoms with van der Waals surface area (Å²) in [6, 6.07) is 4.36. The van der Waals surface area contributed by atoms with E-state index in [-0.39, 0.29) is 5.92 Å². The van der Waals surface area contributed by atoms with Crippen molar-refractivity contribution in [2.75, 3.05) is 19.0 Å². The molecule has 0 saturated heterocycles. The Bertz CT molecular complexity index is 711. The molecular formula is C20H28N4. The molecule has 2 N–H and O–H groups in total. The summed E-state index contributed by atoms with van der Waals surface area (Å²) in [7, 11) is 4.10. The molecule has 0 bridgehead atoms. The fourth-order valence-electron chi connectivity index (χ4n) is 2.73. The summed E-state index contributed by atoms with van der Waals surface area (Å²) >= 11 is 0. The molecule has 1 heterocycles. The second kappa shape index (κ2) is 7.47. The van der Waals surface area contributed by atoms with E-state index in [9.17, 15) is 0 Å². The van der Waals surface area contributed by atoms with Crippen LogP contribution in [0.4, 0.5) is 5.69 Å². The first-order valence-electron chi connectivity index (χ1n) is 8.36. The number of aryl methyl sites for hydroxylation is 2. The van der Waals surface area contributed by atoms with Crippen LogP contribution in [0.25, 0.3) is 5.70 Å². The third kappa shape index (κ3) is 3.94. The van der Waals surface area contributed by atoms with Gasteiger partial charge in [0.25, 0.3) is 0 Å². The van der Waals surface area contributed by atoms with Crippen LogP contribution in [0, 0.1) is 19.8 Å². The van der Waals surface area contributed by atoms with Crippen LogP contribution in [-0.4, -0.2) is 26.1 Å². The van der Waals surface area contributed by atoms with Crippen molar-refractivity contribution in [1.82, 2.24) is 0 Å². The Labute approximate surface area is 145 Å². The monoisotopic (exact) mass is 324 g/mol. The summed E-state index contributed by atoms with van der Waals surface area (Å²) in [6.45, 7) is 8.43. The maximum atomic E-state index is 6.44. The standard InChI is InChI=1S/C20H28N4/c1-13(2)19(21)20(23-17-9-7-8-10-22-17)18-14(3)11-16(24(5)6)12-15(18)4/h7-8,10-13H,9,21H2,1-6H3/b20-19-,23-17?. The first-order valence-corrected chi connectivity index (χ1v) is 8.36. The second-order valence-corrected chi connectivity index (χ2v) is 6.75. The van der Waals surface area contributed by atoms with E-state index in [0.29, 0.717) is 0 Å². The van der Waals surface area contributed by atoms with Gasteiger partial charge in [-0.15, -0.1) is 0 Å². The molecule has 1 aliphatic rings. The number of nitrogens with two attached hydrogens (primary N) is 1. The number of anilines is 1. The van der Waals surface area contributed by atoms with Crippen LogP contribution in [0.1, 0.15) is 37.0 Å². The Hall–Kier alpha value is -2.36. The minimum absolute atomic E-state index is 0.222. The Morgan fingerprint density at radius 2 is 1.83 bits per heavy atom. The molecule has 0 spiro atoms. The molecule has 24 heavy (non-hydrogen) atoms. The number of rotatable bonds is 4. The fourth-order valence-corrected chi connectivity index (χ4v) is 2.73. The highest BCUT2D eigenvalue weighted by Gasteiger charge is 2.16. The highest BCUT2D eigenvalue weighted by Crippen LogP contribution is 2.31. The molecule has 1 aliphatic heterocycles. The number of hydrogen-bond acceptors (Lipinski definition) is 3. The number of dihydropyridines is 1. The summed E-state index contributed by atoms with van der Waals surface area (Å²) < 4.78 is 0. The second-order valence-electron chi connectivity index (χ2n) is 6.75. The van der Waals surface area contributed by atoms with Crippen LogP contribution >= 0.6 is 0 Å². The highest BCUT2D eigenvalue weighted by molar-refractivity contribution is 5.99. The molecule has 0 aromatic heterocycles. The molecule has 0 radical (unpaired) electrons. The normalized spacial score (nSPS) is 16.7. The van der Waals surface area contributed by atoms with Gasteiger partial charge in [0.2, 0.25) is 0 Å². The lowest BCUT2D eigenvalue weighted by atomic mass is 9.95. The zero-order chi connectivity index (χ0) is 17.9. The van der Waals surface area contributed by atoms with E-state index in [2.05, 4.69) is 69.9 Å². The minimum Gasteiger partial charge on any atom is -0.400 e. The van der Waals surface area contributed by atoms with Crippen molar-refractivity contribution in [3.63, 3.8) is 0 Å². The first-order chi connectivity index (χ1) is 11.3. The van der Waals surface area contributed by atoms with Crippen molar-refractivity contribution in [3.05, 3.63) is 46.7 Å². The lowest BCUT2D eigenvalue weighted by Gasteiger charge is -2.20. The molecule has 0 saturated carbocycles. The molecular weight excluding hydrogens is 296 g/mol. The Morgan fingerprint density at radius 1 is 1.21 bits per heavy atom. The average Bonchev–Trinajstić information content (AvgIpc) is 2.53. The molecule has 128 valence electrons. The van der Waals surface area contributed by atoms with Crippen LogP contribution in [0.5, 0.6) is 0 Å². The summed E-state index contributed by atoms with van der Waals surface area (Å²) in [5, 5.41) is 0. The van der Waals surface area contributed by atoms with Gasteiger partial charge in [-0.1, -0.05) is 19.9 Å². The van der Waals surface area contributed by atoms with Crippen molar-refractivity contribution in [2.45, 2.75) is 34.1 Å². The summed E-state index contributed by atoms with van der Waals surface area (Å²) in [5.41, 5.74) is 12.7. The Morgan fingerprint density at radius 3 is 2.29 bits per heavy atom. The van der Waals surface area contributed by atoms with Gasteiger partial charge >= 0.3 is 0 Å². The number of aliphatic imine (C=N–C) groups is 2. The lowest BCUT2D eigenvalue weighted by Crippen LogP contribution is -2.13. The maximum Gasteiger partial charge on any atom is 0.132 e. The van der Waals surface area contributed by atoms with Gasteiger partial charge < -0.3 is 10.6 Å². The van der Waals surface area contributed by atoms with E-state index >= 15 is 0 Å². The van der Waals surface area contributed by atoms with Crippen molar-refractivity contribution < 1.29 is 0 Å². The molecule has 0 fully saturated rings. The van der Waals surface area contributed by atoms with Gasteiger partial charge in [0.05, 0.1) is 5.70 Å². The third-order valence-electron chi connectivity index (χ3n) is 4.15. The number of allylic oxidation sites excluding steroid dienone is 2. The van der Waals surface area contributed by atoms with Crippen LogP contribution in [-0.2, 0) is 0 Å². The summed E-state index contributed by atoms with van der Waals surface area (Å²) in [6.07, 6.45) is 6.51. The molecule has 0 amide bonds. The number of benzene rings is 1. The molecule has 4 heteroatoms. The van der Waals surface area contributed by atoms with Crippen molar-refractivity contribution in [3.8, 4) is 0 Å². The van der Waals surface area contributed by atoms with Crippen LogP contribution < -0.4 is 10.6 Å². The van der Waals surface area contributed by atoms with E-state index < -0.39 is 0 Å². The van der Waals surface area contributed by atoms with Crippen molar-refractivity contribution >= 4 is 23.4 Å². The zero-order valence-electron chi connectivity index (χ0n) is 15.6. The predicted molar refractivity (Wildman–Crippen MR) is 106 cm³/mol. The van der Waals surface area contributed by atoms with E-state index in [1.54, 1.807) is 6.21 Å². The zero-order valence-corrected chi connectivity index (χ0v) is 15.6. The molecule has 4 nitrogen and oxygen atoms in total. The summed E-state index contributed by atoms with van der Waals surface area (Å²) in [5.74, 6) is 1.02. The lowest BCUT2D eigenvalue weighted by molar-refractivity contribution is 0.758. The highest BCUT2D eigenvalue weighted by atomic mass is 15.1. The van der Waals surface area contributed by atoms with Gasteiger partial charge in [-0.3, -0.25) is 0 Å². The Balaban J connectivity index is 2.63. The van der Waals surface area contributed by atoms with Crippen LogP contribution in [0.2, 0.25) is 0 Å². The number of hydrogen-bond donors (Lipinski definition) is 1. The molecule has 1 aromatic rings. The van der Waals surface area contributed by atoms with Gasteiger partial charge in [0, 0.05) is 43.7 Å². The van der Waals surface area contributed by atoms with Crippen LogP contribution in [0.3, 0.4) is 0 Å². The number of amidine groups is 1. The molecule has 0 unspecified atom stereocenters. The number of nitrogens with zero attached hydrogens (tertiary/aromatic N) is 3. The van der Waals surface area contributed by atoms with Gasteiger partial charge in [-0.2, -0.15) is 0 Å². The van der Waals surface area contributed by atoms with Gasteiger partial charge in [-0.25, -0.2) is 9.98 Å². The Kier molecular flexibility index (Phi) is 5.60. The SMILES string of the molecule is Cc1cc(N(C)C)cc(C)c1/C(N=C1CC=CC=N1)=C(/N)C(C)C. The molecule has 0 atom stereocenters. The van der Waals surface area contributed by atoms with Crippen molar-refractivity contribution in [2.24, 2.45) is 21.6 Å². The topological polar surface area (TPSA) is 54.0 Å². The van der Waals surface area contributed by atoms with E-state index in [1.807, 2.05) is 6.08 Å². The summed E-state index contributed by atoms with van der Waals surface area (Å²) in [4.78, 5) is 11.3. The van der Waals surface area contributed by atoms with E-state index in [1.165, 1.54) is 16.8 Å². The minimum atomic E-state index is 0.222. The smallest absolute Gasteiger partial charge is 0.132 e. The van der Waals surface area contributed by atoms with Gasteiger partial charge in [-0.05, 0) is 49.1 Å². The van der Waals surface area contributed by atoms with Crippen molar-refractivity contribution in [1.29, 1.82) is 0 Å².